The molecule has 1 amide bonds. The number of fused-ring (bicyclic) bond motifs is 1. The number of carbonyl (C=O) groups is 1. The molecule has 0 bridgehead atoms. The second kappa shape index (κ2) is 5.96. The Kier molecular flexibility index (Phi) is 3.99. The number of hydrogen-bond acceptors (Lipinski definition) is 6. The Labute approximate surface area is 133 Å². The van der Waals surface area contributed by atoms with Crippen LogP contribution in [-0.4, -0.2) is 38.3 Å². The molecule has 0 aromatic carbocycles. The maximum absolute atomic E-state index is 12.3. The van der Waals surface area contributed by atoms with Gasteiger partial charge in [-0.25, -0.2) is 4.68 Å². The number of nitrogens with one attached hydrogen (secondary N) is 1. The van der Waals surface area contributed by atoms with Gasteiger partial charge in [0.1, 0.15) is 5.76 Å². The van der Waals surface area contributed by atoms with Crippen molar-refractivity contribution in [1.82, 2.24) is 19.8 Å². The topological polar surface area (TPSA) is 93.3 Å². The van der Waals surface area contributed by atoms with E-state index >= 15 is 0 Å². The monoisotopic (exact) mass is 317 g/mol. The van der Waals surface area contributed by atoms with Crippen LogP contribution in [0.3, 0.4) is 0 Å². The molecule has 2 aromatic rings. The van der Waals surface area contributed by atoms with Gasteiger partial charge in [0.2, 0.25) is 5.91 Å². The number of amides is 1. The molecule has 0 fully saturated rings. The van der Waals surface area contributed by atoms with Gasteiger partial charge in [0.25, 0.3) is 5.56 Å². The third-order valence-electron chi connectivity index (χ3n) is 4.07. The van der Waals surface area contributed by atoms with E-state index in [1.165, 1.54) is 4.68 Å². The first-order valence-electron chi connectivity index (χ1n) is 7.48. The van der Waals surface area contributed by atoms with Crippen molar-refractivity contribution in [2.75, 3.05) is 11.9 Å². The zero-order chi connectivity index (χ0) is 16.6. The summed E-state index contributed by atoms with van der Waals surface area (Å²) in [6, 6.07) is 2.92. The SMILES string of the molecule is Cc1cc(NC(=O)[C@@H](C)N2CCc3nn(C)c(=O)cc3C2)no1. The zero-order valence-electron chi connectivity index (χ0n) is 13.4. The van der Waals surface area contributed by atoms with E-state index in [4.69, 9.17) is 4.52 Å². The van der Waals surface area contributed by atoms with Crippen LogP contribution in [0, 0.1) is 6.92 Å². The third kappa shape index (κ3) is 3.16. The number of anilines is 1. The summed E-state index contributed by atoms with van der Waals surface area (Å²) in [5.74, 6) is 0.896. The van der Waals surface area contributed by atoms with Gasteiger partial charge in [-0.2, -0.15) is 5.10 Å². The minimum Gasteiger partial charge on any atom is -0.360 e. The molecule has 0 radical (unpaired) electrons. The van der Waals surface area contributed by atoms with Gasteiger partial charge >= 0.3 is 0 Å². The van der Waals surface area contributed by atoms with E-state index in [0.717, 1.165) is 11.3 Å². The van der Waals surface area contributed by atoms with Gasteiger partial charge < -0.3 is 9.84 Å². The van der Waals surface area contributed by atoms with Crippen LogP contribution in [-0.2, 0) is 24.8 Å². The van der Waals surface area contributed by atoms with Crippen LogP contribution in [0.1, 0.15) is 23.9 Å². The highest BCUT2D eigenvalue weighted by Crippen LogP contribution is 2.18. The summed E-state index contributed by atoms with van der Waals surface area (Å²) < 4.78 is 6.28. The first-order valence-corrected chi connectivity index (χ1v) is 7.48. The molecular weight excluding hydrogens is 298 g/mol. The van der Waals surface area contributed by atoms with Crippen LogP contribution in [0.15, 0.2) is 21.5 Å². The van der Waals surface area contributed by atoms with Gasteiger partial charge in [-0.05, 0) is 19.4 Å². The van der Waals surface area contributed by atoms with E-state index in [9.17, 15) is 9.59 Å². The fourth-order valence-corrected chi connectivity index (χ4v) is 2.67. The molecule has 0 aliphatic carbocycles. The van der Waals surface area contributed by atoms with Crippen LogP contribution in [0.4, 0.5) is 5.82 Å². The highest BCUT2D eigenvalue weighted by atomic mass is 16.5. The first kappa shape index (κ1) is 15.4. The second-order valence-electron chi connectivity index (χ2n) is 5.79. The van der Waals surface area contributed by atoms with Crippen molar-refractivity contribution in [2.45, 2.75) is 32.9 Å². The molecule has 1 aliphatic rings. The summed E-state index contributed by atoms with van der Waals surface area (Å²) in [6.45, 7) is 4.85. The quantitative estimate of drug-likeness (QED) is 0.884. The fourth-order valence-electron chi connectivity index (χ4n) is 2.67. The van der Waals surface area contributed by atoms with Crippen molar-refractivity contribution in [2.24, 2.45) is 7.05 Å². The summed E-state index contributed by atoms with van der Waals surface area (Å²) in [5, 5.41) is 10.8. The molecule has 122 valence electrons. The van der Waals surface area contributed by atoms with Gasteiger partial charge in [-0.3, -0.25) is 14.5 Å². The molecule has 23 heavy (non-hydrogen) atoms. The van der Waals surface area contributed by atoms with Crippen molar-refractivity contribution in [1.29, 1.82) is 0 Å². The number of carbonyl (C=O) groups excluding carboxylic acids is 1. The predicted molar refractivity (Wildman–Crippen MR) is 82.9 cm³/mol. The minimum atomic E-state index is -0.343. The average Bonchev–Trinajstić information content (AvgIpc) is 2.92. The molecule has 3 rings (SSSR count). The number of hydrogen-bond donors (Lipinski definition) is 1. The van der Waals surface area contributed by atoms with Gasteiger partial charge in [0.15, 0.2) is 5.82 Å². The molecule has 3 heterocycles. The van der Waals surface area contributed by atoms with Crippen molar-refractivity contribution < 1.29 is 9.32 Å². The van der Waals surface area contributed by atoms with E-state index < -0.39 is 0 Å². The summed E-state index contributed by atoms with van der Waals surface area (Å²) in [4.78, 5) is 26.1. The lowest BCUT2D eigenvalue weighted by Crippen LogP contribution is -2.45. The normalized spacial score (nSPS) is 16.0. The Bertz CT molecular complexity index is 795. The molecular formula is C15H19N5O3. The van der Waals surface area contributed by atoms with Crippen LogP contribution in [0.5, 0.6) is 0 Å². The van der Waals surface area contributed by atoms with E-state index in [1.807, 2.05) is 11.8 Å². The van der Waals surface area contributed by atoms with Crippen LogP contribution in [0.2, 0.25) is 0 Å². The molecule has 8 nitrogen and oxygen atoms in total. The Morgan fingerprint density at radius 2 is 2.22 bits per heavy atom. The second-order valence-corrected chi connectivity index (χ2v) is 5.79. The van der Waals surface area contributed by atoms with Crippen LogP contribution >= 0.6 is 0 Å². The highest BCUT2D eigenvalue weighted by Gasteiger charge is 2.27. The van der Waals surface area contributed by atoms with Crippen molar-refractivity contribution in [3.8, 4) is 0 Å². The van der Waals surface area contributed by atoms with Crippen LogP contribution in [0.25, 0.3) is 0 Å². The molecule has 1 aliphatic heterocycles. The molecule has 0 unspecified atom stereocenters. The van der Waals surface area contributed by atoms with E-state index in [-0.39, 0.29) is 17.5 Å². The molecule has 1 N–H and O–H groups in total. The van der Waals surface area contributed by atoms with Gasteiger partial charge in [-0.15, -0.1) is 0 Å². The Hall–Kier alpha value is -2.48. The number of rotatable bonds is 3. The Morgan fingerprint density at radius 3 is 2.91 bits per heavy atom. The molecule has 8 heteroatoms. The Balaban J connectivity index is 1.71. The number of aromatic nitrogens is 3. The zero-order valence-corrected chi connectivity index (χ0v) is 13.4. The fraction of sp³-hybridized carbons (Fsp3) is 0.467. The summed E-state index contributed by atoms with van der Waals surface area (Å²) in [6.07, 6.45) is 0.712. The standard InChI is InChI=1S/C15H19N5O3/c1-9-6-13(18-23-9)16-15(22)10(2)20-5-4-12-11(8-20)7-14(21)19(3)17-12/h6-7,10H,4-5,8H2,1-3H3,(H,16,18,22)/t10-/m1/s1. The van der Waals surface area contributed by atoms with E-state index in [1.54, 1.807) is 26.1 Å². The largest absolute Gasteiger partial charge is 0.360 e. The summed E-state index contributed by atoms with van der Waals surface area (Å²) in [5.41, 5.74) is 1.67. The molecule has 2 aromatic heterocycles. The predicted octanol–water partition coefficient (Wildman–Crippen LogP) is 0.462. The van der Waals surface area contributed by atoms with E-state index in [0.29, 0.717) is 31.1 Å². The molecule has 0 saturated carbocycles. The van der Waals surface area contributed by atoms with Gasteiger partial charge in [0, 0.05) is 38.7 Å². The van der Waals surface area contributed by atoms with Crippen molar-refractivity contribution in [3.63, 3.8) is 0 Å². The van der Waals surface area contributed by atoms with Gasteiger partial charge in [0.05, 0.1) is 11.7 Å². The maximum atomic E-state index is 12.3. The Morgan fingerprint density at radius 1 is 1.43 bits per heavy atom. The summed E-state index contributed by atoms with van der Waals surface area (Å²) in [7, 11) is 1.64. The highest BCUT2D eigenvalue weighted by molar-refractivity contribution is 5.93. The van der Waals surface area contributed by atoms with Gasteiger partial charge in [-0.1, -0.05) is 5.16 Å². The lowest BCUT2D eigenvalue weighted by atomic mass is 10.0. The average molecular weight is 317 g/mol. The number of aryl methyl sites for hydroxylation is 2. The number of nitrogens with zero attached hydrogens (tertiary/aromatic N) is 4. The van der Waals surface area contributed by atoms with Crippen LogP contribution < -0.4 is 10.9 Å². The summed E-state index contributed by atoms with van der Waals surface area (Å²) >= 11 is 0. The first-order chi connectivity index (χ1) is 10.9. The maximum Gasteiger partial charge on any atom is 0.266 e. The lowest BCUT2D eigenvalue weighted by Gasteiger charge is -2.32. The molecule has 0 saturated heterocycles. The van der Waals surface area contributed by atoms with Crippen molar-refractivity contribution >= 4 is 11.7 Å². The molecule has 1 atom stereocenters. The minimum absolute atomic E-state index is 0.138. The smallest absolute Gasteiger partial charge is 0.266 e. The third-order valence-corrected chi connectivity index (χ3v) is 4.07. The van der Waals surface area contributed by atoms with Crippen molar-refractivity contribution in [3.05, 3.63) is 39.5 Å². The van der Waals surface area contributed by atoms with E-state index in [2.05, 4.69) is 15.6 Å². The molecule has 0 spiro atoms. The lowest BCUT2D eigenvalue weighted by molar-refractivity contribution is -0.121.